The van der Waals surface area contributed by atoms with Crippen molar-refractivity contribution in [3.63, 3.8) is 0 Å². The highest BCUT2D eigenvalue weighted by atomic mass is 32.1. The zero-order valence-corrected chi connectivity index (χ0v) is 14.8. The molecule has 7 nitrogen and oxygen atoms in total. The van der Waals surface area contributed by atoms with E-state index in [9.17, 15) is 9.59 Å². The molecular weight excluding hydrogens is 340 g/mol. The predicted molar refractivity (Wildman–Crippen MR) is 95.9 cm³/mol. The van der Waals surface area contributed by atoms with Crippen LogP contribution in [0.2, 0.25) is 0 Å². The van der Waals surface area contributed by atoms with Gasteiger partial charge in [-0.1, -0.05) is 24.3 Å². The van der Waals surface area contributed by atoms with E-state index in [1.807, 2.05) is 0 Å². The van der Waals surface area contributed by atoms with Gasteiger partial charge >= 0.3 is 0 Å². The molecule has 1 aliphatic heterocycles. The number of rotatable bonds is 6. The van der Waals surface area contributed by atoms with Crippen molar-refractivity contribution < 1.29 is 14.3 Å². The number of anilines is 2. The number of amides is 2. The number of carbonyl (C=O) groups is 2. The van der Waals surface area contributed by atoms with Crippen LogP contribution in [0.15, 0.2) is 24.3 Å². The number of nitrogens with one attached hydrogen (secondary N) is 2. The van der Waals surface area contributed by atoms with Crippen LogP contribution in [0.4, 0.5) is 10.8 Å². The maximum atomic E-state index is 12.4. The van der Waals surface area contributed by atoms with Crippen molar-refractivity contribution in [2.24, 2.45) is 0 Å². The Morgan fingerprint density at radius 2 is 2.20 bits per heavy atom. The molecule has 0 bridgehead atoms. The number of hydrogen-bond donors (Lipinski definition) is 2. The number of aryl methyl sites for hydroxylation is 1. The highest BCUT2D eigenvalue weighted by Gasteiger charge is 2.23. The molecule has 1 aliphatic rings. The Morgan fingerprint density at radius 3 is 2.96 bits per heavy atom. The van der Waals surface area contributed by atoms with Crippen molar-refractivity contribution in [2.45, 2.75) is 38.7 Å². The summed E-state index contributed by atoms with van der Waals surface area (Å²) in [5.41, 5.74) is 1.01. The lowest BCUT2D eigenvalue weighted by Gasteiger charge is -2.11. The molecular formula is C17H20N4O3S. The van der Waals surface area contributed by atoms with Gasteiger partial charge in [0.15, 0.2) is 0 Å². The lowest BCUT2D eigenvalue weighted by molar-refractivity contribution is -0.124. The monoisotopic (exact) mass is 360 g/mol. The fraction of sp³-hybridized carbons (Fsp3) is 0.412. The largest absolute Gasteiger partial charge is 0.368 e. The summed E-state index contributed by atoms with van der Waals surface area (Å²) in [6.45, 7) is 2.68. The minimum atomic E-state index is -0.407. The molecule has 3 rings (SSSR count). The first-order valence-electron chi connectivity index (χ1n) is 8.32. The van der Waals surface area contributed by atoms with Crippen LogP contribution in [0.1, 0.15) is 41.6 Å². The Kier molecular flexibility index (Phi) is 5.72. The molecule has 1 fully saturated rings. The highest BCUT2D eigenvalue weighted by molar-refractivity contribution is 7.15. The normalized spacial score (nSPS) is 16.6. The average molecular weight is 360 g/mol. The van der Waals surface area contributed by atoms with E-state index < -0.39 is 6.10 Å². The van der Waals surface area contributed by atoms with Gasteiger partial charge in [0.05, 0.1) is 0 Å². The first-order valence-corrected chi connectivity index (χ1v) is 9.13. The topological polar surface area (TPSA) is 93.2 Å². The molecule has 2 amide bonds. The predicted octanol–water partition coefficient (Wildman–Crippen LogP) is 2.86. The SMILES string of the molecule is CCCc1nnc(NC(=O)c2cccc(NC(=O)C3CCCO3)c2)s1. The number of ether oxygens (including phenoxy) is 1. The second-order valence-electron chi connectivity index (χ2n) is 5.78. The van der Waals surface area contributed by atoms with Gasteiger partial charge in [0.1, 0.15) is 11.1 Å². The third-order valence-electron chi connectivity index (χ3n) is 3.77. The minimum absolute atomic E-state index is 0.177. The molecule has 1 atom stereocenters. The molecule has 2 heterocycles. The van der Waals surface area contributed by atoms with E-state index in [1.54, 1.807) is 24.3 Å². The lowest BCUT2D eigenvalue weighted by atomic mass is 10.1. The molecule has 25 heavy (non-hydrogen) atoms. The van der Waals surface area contributed by atoms with Gasteiger partial charge < -0.3 is 10.1 Å². The minimum Gasteiger partial charge on any atom is -0.368 e. The smallest absolute Gasteiger partial charge is 0.257 e. The summed E-state index contributed by atoms with van der Waals surface area (Å²) >= 11 is 1.37. The summed E-state index contributed by atoms with van der Waals surface area (Å²) in [6.07, 6.45) is 3.04. The van der Waals surface area contributed by atoms with Gasteiger partial charge in [0, 0.05) is 24.3 Å². The summed E-state index contributed by atoms with van der Waals surface area (Å²) in [6, 6.07) is 6.79. The Balaban J connectivity index is 1.63. The van der Waals surface area contributed by atoms with Gasteiger partial charge in [0.2, 0.25) is 5.13 Å². The Bertz CT molecular complexity index is 756. The van der Waals surface area contributed by atoms with Crippen molar-refractivity contribution in [1.82, 2.24) is 10.2 Å². The molecule has 2 N–H and O–H groups in total. The van der Waals surface area contributed by atoms with Crippen LogP contribution in [-0.4, -0.2) is 34.7 Å². The van der Waals surface area contributed by atoms with E-state index in [1.165, 1.54) is 11.3 Å². The van der Waals surface area contributed by atoms with Crippen molar-refractivity contribution in [2.75, 3.05) is 17.2 Å². The third kappa shape index (κ3) is 4.61. The number of aromatic nitrogens is 2. The molecule has 1 unspecified atom stereocenters. The Hall–Kier alpha value is -2.32. The number of carbonyl (C=O) groups excluding carboxylic acids is 2. The first-order chi connectivity index (χ1) is 12.2. The summed E-state index contributed by atoms with van der Waals surface area (Å²) in [5, 5.41) is 14.9. The molecule has 0 spiro atoms. The van der Waals surface area contributed by atoms with E-state index >= 15 is 0 Å². The van der Waals surface area contributed by atoms with Crippen LogP contribution >= 0.6 is 11.3 Å². The van der Waals surface area contributed by atoms with Gasteiger partial charge in [0.25, 0.3) is 11.8 Å². The van der Waals surface area contributed by atoms with E-state index in [0.717, 1.165) is 30.7 Å². The quantitative estimate of drug-likeness (QED) is 0.826. The summed E-state index contributed by atoms with van der Waals surface area (Å²) < 4.78 is 5.36. The molecule has 2 aromatic rings. The van der Waals surface area contributed by atoms with Crippen LogP contribution in [0.3, 0.4) is 0 Å². The van der Waals surface area contributed by atoms with Crippen molar-refractivity contribution >= 4 is 34.0 Å². The number of nitrogens with zero attached hydrogens (tertiary/aromatic N) is 2. The Morgan fingerprint density at radius 1 is 1.32 bits per heavy atom. The Labute approximate surface area is 149 Å². The van der Waals surface area contributed by atoms with Crippen LogP contribution in [0.25, 0.3) is 0 Å². The fourth-order valence-corrected chi connectivity index (χ4v) is 3.37. The van der Waals surface area contributed by atoms with Crippen LogP contribution < -0.4 is 10.6 Å². The molecule has 1 saturated heterocycles. The van der Waals surface area contributed by atoms with E-state index in [2.05, 4.69) is 27.8 Å². The van der Waals surface area contributed by atoms with E-state index in [0.29, 0.717) is 23.0 Å². The summed E-state index contributed by atoms with van der Waals surface area (Å²) in [4.78, 5) is 24.5. The number of hydrogen-bond acceptors (Lipinski definition) is 6. The molecule has 0 radical (unpaired) electrons. The maximum absolute atomic E-state index is 12.4. The second kappa shape index (κ2) is 8.17. The van der Waals surface area contributed by atoms with Gasteiger partial charge in [-0.2, -0.15) is 0 Å². The third-order valence-corrected chi connectivity index (χ3v) is 4.66. The van der Waals surface area contributed by atoms with Crippen LogP contribution in [0, 0.1) is 0 Å². The van der Waals surface area contributed by atoms with Gasteiger partial charge in [-0.25, -0.2) is 0 Å². The van der Waals surface area contributed by atoms with Crippen molar-refractivity contribution in [3.05, 3.63) is 34.8 Å². The molecule has 132 valence electrons. The van der Waals surface area contributed by atoms with Crippen LogP contribution in [-0.2, 0) is 16.0 Å². The molecule has 1 aromatic heterocycles. The van der Waals surface area contributed by atoms with Gasteiger partial charge in [-0.3, -0.25) is 14.9 Å². The molecule has 0 saturated carbocycles. The average Bonchev–Trinajstić information content (AvgIpc) is 3.27. The number of benzene rings is 1. The molecule has 0 aliphatic carbocycles. The van der Waals surface area contributed by atoms with Crippen LogP contribution in [0.5, 0.6) is 0 Å². The maximum Gasteiger partial charge on any atom is 0.257 e. The van der Waals surface area contributed by atoms with Gasteiger partial charge in [-0.15, -0.1) is 10.2 Å². The van der Waals surface area contributed by atoms with Crippen molar-refractivity contribution in [1.29, 1.82) is 0 Å². The second-order valence-corrected chi connectivity index (χ2v) is 6.84. The van der Waals surface area contributed by atoms with Gasteiger partial charge in [-0.05, 0) is 37.5 Å². The van der Waals surface area contributed by atoms with E-state index in [4.69, 9.17) is 4.74 Å². The lowest BCUT2D eigenvalue weighted by Crippen LogP contribution is -2.27. The fourth-order valence-electron chi connectivity index (χ4n) is 2.53. The summed E-state index contributed by atoms with van der Waals surface area (Å²) in [5.74, 6) is -0.462. The van der Waals surface area contributed by atoms with Crippen molar-refractivity contribution in [3.8, 4) is 0 Å². The standard InChI is InChI=1S/C17H20N4O3S/c1-2-5-14-20-21-17(25-14)19-15(22)11-6-3-7-12(10-11)18-16(23)13-8-4-9-24-13/h3,6-7,10,13H,2,4-5,8-9H2,1H3,(H,18,23)(H,19,21,22). The zero-order chi connectivity index (χ0) is 17.6. The van der Waals surface area contributed by atoms with E-state index in [-0.39, 0.29) is 11.8 Å². The summed E-state index contributed by atoms with van der Waals surface area (Å²) in [7, 11) is 0. The molecule has 1 aromatic carbocycles. The first kappa shape index (κ1) is 17.5. The molecule has 8 heteroatoms. The zero-order valence-electron chi connectivity index (χ0n) is 13.9. The highest BCUT2D eigenvalue weighted by Crippen LogP contribution is 2.19.